The van der Waals surface area contributed by atoms with Crippen molar-refractivity contribution >= 4 is 11.8 Å². The second-order valence-corrected chi connectivity index (χ2v) is 5.50. The second kappa shape index (κ2) is 5.56. The van der Waals surface area contributed by atoms with Crippen molar-refractivity contribution < 1.29 is 24.5 Å². The summed E-state index contributed by atoms with van der Waals surface area (Å²) < 4.78 is 5.41. The van der Waals surface area contributed by atoms with Crippen molar-refractivity contribution in [2.75, 3.05) is 19.7 Å². The van der Waals surface area contributed by atoms with Gasteiger partial charge in [-0.25, -0.2) is 0 Å². The van der Waals surface area contributed by atoms with Gasteiger partial charge in [0.05, 0.1) is 18.8 Å². The van der Waals surface area contributed by atoms with Crippen LogP contribution in [-0.2, 0) is 14.3 Å². The Kier molecular flexibility index (Phi) is 4.23. The van der Waals surface area contributed by atoms with Crippen LogP contribution in [0.4, 0.5) is 0 Å². The highest BCUT2D eigenvalue weighted by molar-refractivity contribution is 5.97. The summed E-state index contributed by atoms with van der Waals surface area (Å²) in [5, 5.41) is 19.2. The first kappa shape index (κ1) is 14.4. The minimum atomic E-state index is -0.757. The lowest BCUT2D eigenvalue weighted by Crippen LogP contribution is -2.40. The number of aliphatic hydroxyl groups excluding tert-OH is 2. The maximum absolute atomic E-state index is 11.8. The van der Waals surface area contributed by atoms with Crippen LogP contribution in [0.5, 0.6) is 0 Å². The molecule has 0 aromatic carbocycles. The standard InChI is InChI=1S/C13H21NO5/c1-7(8(2)16)13(18)19-11-3-4-14-5-10(17)9(6-15)12(11)14/h7,9-12,15,17H,3-6H2,1-2H3/t7-,9+,10-,11-,12+/m0/s1. The van der Waals surface area contributed by atoms with Gasteiger partial charge in [0.2, 0.25) is 0 Å². The monoisotopic (exact) mass is 271 g/mol. The minimum Gasteiger partial charge on any atom is -0.460 e. The Labute approximate surface area is 112 Å². The number of aliphatic hydroxyl groups is 2. The topological polar surface area (TPSA) is 87.1 Å². The third-order valence-corrected chi connectivity index (χ3v) is 4.30. The Morgan fingerprint density at radius 2 is 2.16 bits per heavy atom. The molecule has 6 nitrogen and oxygen atoms in total. The molecule has 2 heterocycles. The predicted molar refractivity (Wildman–Crippen MR) is 66.3 cm³/mol. The van der Waals surface area contributed by atoms with Crippen LogP contribution >= 0.6 is 0 Å². The lowest BCUT2D eigenvalue weighted by molar-refractivity contribution is -0.157. The Balaban J connectivity index is 2.02. The normalized spacial score (nSPS) is 36.0. The molecule has 2 aliphatic rings. The van der Waals surface area contributed by atoms with Crippen LogP contribution in [0.1, 0.15) is 20.3 Å². The molecule has 2 aliphatic heterocycles. The van der Waals surface area contributed by atoms with Crippen molar-refractivity contribution in [2.45, 2.75) is 38.5 Å². The molecule has 0 aromatic rings. The average Bonchev–Trinajstić information content (AvgIpc) is 2.87. The zero-order valence-electron chi connectivity index (χ0n) is 11.3. The highest BCUT2D eigenvalue weighted by atomic mass is 16.5. The number of ether oxygens (including phenoxy) is 1. The molecule has 2 fully saturated rings. The predicted octanol–water partition coefficient (Wildman–Crippen LogP) is -0.819. The van der Waals surface area contributed by atoms with E-state index in [1.165, 1.54) is 13.8 Å². The smallest absolute Gasteiger partial charge is 0.316 e. The van der Waals surface area contributed by atoms with Crippen LogP contribution in [0.15, 0.2) is 0 Å². The van der Waals surface area contributed by atoms with Gasteiger partial charge < -0.3 is 14.9 Å². The van der Waals surface area contributed by atoms with Crippen molar-refractivity contribution in [1.29, 1.82) is 0 Å². The molecule has 0 aliphatic carbocycles. The van der Waals surface area contributed by atoms with Gasteiger partial charge in [-0.1, -0.05) is 0 Å². The van der Waals surface area contributed by atoms with Gasteiger partial charge in [-0.3, -0.25) is 14.5 Å². The molecule has 2 rings (SSSR count). The van der Waals surface area contributed by atoms with Gasteiger partial charge in [0.25, 0.3) is 0 Å². The van der Waals surface area contributed by atoms with Crippen molar-refractivity contribution in [2.24, 2.45) is 11.8 Å². The minimum absolute atomic E-state index is 0.126. The summed E-state index contributed by atoms with van der Waals surface area (Å²) in [6, 6.07) is -0.136. The Morgan fingerprint density at radius 1 is 1.47 bits per heavy atom. The number of rotatable bonds is 4. The van der Waals surface area contributed by atoms with Crippen LogP contribution in [0.3, 0.4) is 0 Å². The van der Waals surface area contributed by atoms with Crippen LogP contribution in [0, 0.1) is 11.8 Å². The van der Waals surface area contributed by atoms with Crippen molar-refractivity contribution in [3.63, 3.8) is 0 Å². The highest BCUT2D eigenvalue weighted by Crippen LogP contribution is 2.35. The summed E-state index contributed by atoms with van der Waals surface area (Å²) in [5.41, 5.74) is 0. The lowest BCUT2D eigenvalue weighted by atomic mass is 9.95. The van der Waals surface area contributed by atoms with Gasteiger partial charge >= 0.3 is 5.97 Å². The van der Waals surface area contributed by atoms with Crippen LogP contribution < -0.4 is 0 Å². The number of hydrogen-bond donors (Lipinski definition) is 2. The van der Waals surface area contributed by atoms with E-state index in [2.05, 4.69) is 0 Å². The fourth-order valence-electron chi connectivity index (χ4n) is 2.99. The van der Waals surface area contributed by atoms with E-state index >= 15 is 0 Å². The van der Waals surface area contributed by atoms with E-state index in [0.29, 0.717) is 13.0 Å². The zero-order valence-corrected chi connectivity index (χ0v) is 11.3. The molecule has 0 aromatic heterocycles. The van der Waals surface area contributed by atoms with Crippen LogP contribution in [0.2, 0.25) is 0 Å². The molecule has 0 spiro atoms. The third kappa shape index (κ3) is 2.66. The van der Waals surface area contributed by atoms with E-state index < -0.39 is 18.0 Å². The second-order valence-electron chi connectivity index (χ2n) is 5.50. The Morgan fingerprint density at radius 3 is 2.74 bits per heavy atom. The van der Waals surface area contributed by atoms with Gasteiger partial charge in [-0.05, 0) is 20.3 Å². The molecular weight excluding hydrogens is 250 g/mol. The molecule has 0 saturated carbocycles. The molecule has 0 amide bonds. The number of hydrogen-bond acceptors (Lipinski definition) is 6. The Hall–Kier alpha value is -0.980. The highest BCUT2D eigenvalue weighted by Gasteiger charge is 2.49. The molecular formula is C13H21NO5. The fraction of sp³-hybridized carbons (Fsp3) is 0.846. The zero-order chi connectivity index (χ0) is 14.2. The van der Waals surface area contributed by atoms with Gasteiger partial charge in [0, 0.05) is 19.0 Å². The number of esters is 1. The lowest BCUT2D eigenvalue weighted by Gasteiger charge is -2.26. The SMILES string of the molecule is CC(=O)[C@H](C)C(=O)O[C@H]1CCN2C[C@H](O)[C@@H](CO)[C@H]12. The molecule has 2 N–H and O–H groups in total. The maximum Gasteiger partial charge on any atom is 0.316 e. The average molecular weight is 271 g/mol. The van der Waals surface area contributed by atoms with E-state index in [0.717, 1.165) is 6.54 Å². The molecule has 19 heavy (non-hydrogen) atoms. The molecule has 6 heteroatoms. The summed E-state index contributed by atoms with van der Waals surface area (Å²) >= 11 is 0. The molecule has 0 radical (unpaired) electrons. The van der Waals surface area contributed by atoms with Gasteiger partial charge in [-0.2, -0.15) is 0 Å². The van der Waals surface area contributed by atoms with Crippen LogP contribution in [-0.4, -0.2) is 64.8 Å². The maximum atomic E-state index is 11.8. The van der Waals surface area contributed by atoms with Crippen LogP contribution in [0.25, 0.3) is 0 Å². The van der Waals surface area contributed by atoms with Gasteiger partial charge in [0.15, 0.2) is 0 Å². The number of carbonyl (C=O) groups excluding carboxylic acids is 2. The van der Waals surface area contributed by atoms with Crippen molar-refractivity contribution in [3.8, 4) is 0 Å². The number of nitrogens with zero attached hydrogens (tertiary/aromatic N) is 1. The quantitative estimate of drug-likeness (QED) is 0.513. The molecule has 5 atom stereocenters. The number of carbonyl (C=O) groups is 2. The van der Waals surface area contributed by atoms with Crippen molar-refractivity contribution in [1.82, 2.24) is 4.90 Å². The summed E-state index contributed by atoms with van der Waals surface area (Å²) in [7, 11) is 0. The van der Waals surface area contributed by atoms with E-state index in [-0.39, 0.29) is 30.5 Å². The largest absolute Gasteiger partial charge is 0.460 e. The first-order valence-corrected chi connectivity index (χ1v) is 6.69. The van der Waals surface area contributed by atoms with Gasteiger partial charge in [0.1, 0.15) is 17.8 Å². The van der Waals surface area contributed by atoms with E-state index in [1.807, 2.05) is 4.90 Å². The number of Topliss-reactive ketones (excluding diaryl/α,β-unsaturated/α-hetero) is 1. The molecule has 2 saturated heterocycles. The molecule has 0 bridgehead atoms. The summed E-state index contributed by atoms with van der Waals surface area (Å²) in [6.07, 6.45) is -0.241. The molecule has 108 valence electrons. The summed E-state index contributed by atoms with van der Waals surface area (Å²) in [5.74, 6) is -1.77. The summed E-state index contributed by atoms with van der Waals surface area (Å²) in [6.45, 7) is 4.02. The van der Waals surface area contributed by atoms with E-state index in [1.54, 1.807) is 0 Å². The third-order valence-electron chi connectivity index (χ3n) is 4.30. The van der Waals surface area contributed by atoms with Crippen molar-refractivity contribution in [3.05, 3.63) is 0 Å². The Bertz CT molecular complexity index is 372. The number of fused-ring (bicyclic) bond motifs is 1. The van der Waals surface area contributed by atoms with E-state index in [9.17, 15) is 19.8 Å². The first-order valence-electron chi connectivity index (χ1n) is 6.69. The fourth-order valence-corrected chi connectivity index (χ4v) is 2.99. The van der Waals surface area contributed by atoms with E-state index in [4.69, 9.17) is 4.74 Å². The number of ketones is 1. The summed E-state index contributed by atoms with van der Waals surface area (Å²) in [4.78, 5) is 25.0. The first-order chi connectivity index (χ1) is 8.95. The molecule has 0 unspecified atom stereocenters. The van der Waals surface area contributed by atoms with Gasteiger partial charge in [-0.15, -0.1) is 0 Å².